The first-order chi connectivity index (χ1) is 16.9. The number of hydrogen-bond acceptors (Lipinski definition) is 8. The minimum atomic E-state index is -1.51. The van der Waals surface area contributed by atoms with E-state index in [4.69, 9.17) is 10.8 Å². The maximum atomic E-state index is 12.7. The number of benzene rings is 1. The summed E-state index contributed by atoms with van der Waals surface area (Å²) in [6, 6.07) is 0.657. The third-order valence-corrected chi connectivity index (χ3v) is 5.60. The number of nitrogens with two attached hydrogens (primary N) is 1. The van der Waals surface area contributed by atoms with Crippen LogP contribution in [-0.2, 0) is 30.4 Å². The zero-order chi connectivity index (χ0) is 27.4. The molecule has 0 spiro atoms. The van der Waals surface area contributed by atoms with Crippen LogP contribution in [0.1, 0.15) is 38.7 Å². The van der Waals surface area contributed by atoms with E-state index in [1.807, 2.05) is 0 Å². The van der Waals surface area contributed by atoms with Crippen molar-refractivity contribution in [2.24, 2.45) is 11.7 Å². The van der Waals surface area contributed by atoms with Gasteiger partial charge in [0.15, 0.2) is 0 Å². The van der Waals surface area contributed by atoms with Crippen molar-refractivity contribution in [3.63, 3.8) is 0 Å². The van der Waals surface area contributed by atoms with E-state index in [-0.39, 0.29) is 18.6 Å². The number of phenols is 1. The minimum Gasteiger partial charge on any atom is -0.508 e. The number of nitrogens with one attached hydrogen (secondary N) is 3. The Kier molecular flexibility index (Phi) is 12.3. The fourth-order valence-corrected chi connectivity index (χ4v) is 3.20. The molecule has 0 heterocycles. The van der Waals surface area contributed by atoms with Crippen molar-refractivity contribution in [2.75, 3.05) is 6.61 Å². The van der Waals surface area contributed by atoms with E-state index in [0.29, 0.717) is 12.0 Å². The summed E-state index contributed by atoms with van der Waals surface area (Å²) in [7, 11) is 0. The van der Waals surface area contributed by atoms with E-state index in [1.165, 1.54) is 12.1 Å². The molecule has 13 nitrogen and oxygen atoms in total. The summed E-state index contributed by atoms with van der Waals surface area (Å²) >= 11 is 0. The van der Waals surface area contributed by atoms with E-state index in [9.17, 15) is 39.3 Å². The molecule has 36 heavy (non-hydrogen) atoms. The Labute approximate surface area is 208 Å². The highest BCUT2D eigenvalue weighted by atomic mass is 16.4. The number of amides is 3. The van der Waals surface area contributed by atoms with Gasteiger partial charge in [0.1, 0.15) is 23.9 Å². The molecule has 9 N–H and O–H groups in total. The zero-order valence-corrected chi connectivity index (χ0v) is 20.1. The van der Waals surface area contributed by atoms with Crippen LogP contribution in [0.3, 0.4) is 0 Å². The highest BCUT2D eigenvalue weighted by Crippen LogP contribution is 2.11. The predicted molar refractivity (Wildman–Crippen MR) is 127 cm³/mol. The second-order valence-corrected chi connectivity index (χ2v) is 8.42. The van der Waals surface area contributed by atoms with Gasteiger partial charge in [0.25, 0.3) is 0 Å². The van der Waals surface area contributed by atoms with Crippen LogP contribution in [0.15, 0.2) is 24.3 Å². The van der Waals surface area contributed by atoms with Gasteiger partial charge in [-0.3, -0.25) is 19.2 Å². The van der Waals surface area contributed by atoms with Crippen molar-refractivity contribution in [1.82, 2.24) is 16.0 Å². The largest absolute Gasteiger partial charge is 0.508 e. The average Bonchev–Trinajstić information content (AvgIpc) is 2.83. The van der Waals surface area contributed by atoms with Crippen molar-refractivity contribution in [2.45, 2.75) is 63.7 Å². The quantitative estimate of drug-likeness (QED) is 0.139. The lowest BCUT2D eigenvalue weighted by Gasteiger charge is -2.26. The second-order valence-electron chi connectivity index (χ2n) is 8.42. The summed E-state index contributed by atoms with van der Waals surface area (Å²) in [5.41, 5.74) is 6.51. The third kappa shape index (κ3) is 9.88. The molecule has 200 valence electrons. The summed E-state index contributed by atoms with van der Waals surface area (Å²) in [6.45, 7) is 2.50. The number of hydrogen-bond donors (Lipinski definition) is 8. The topological polar surface area (TPSA) is 228 Å². The zero-order valence-electron chi connectivity index (χ0n) is 20.1. The molecule has 0 aliphatic heterocycles. The Balaban J connectivity index is 2.89. The number of phenolic OH excluding ortho intramolecular Hbond substituents is 1. The number of carboxylic acids is 2. The molecule has 5 atom stereocenters. The van der Waals surface area contributed by atoms with Crippen LogP contribution in [0.5, 0.6) is 5.75 Å². The van der Waals surface area contributed by atoms with Crippen LogP contribution < -0.4 is 21.7 Å². The smallest absolute Gasteiger partial charge is 0.326 e. The molecule has 0 aliphatic rings. The maximum absolute atomic E-state index is 12.7. The summed E-state index contributed by atoms with van der Waals surface area (Å²) in [5.74, 6) is -5.61. The van der Waals surface area contributed by atoms with Crippen LogP contribution in [0.2, 0.25) is 0 Å². The molecule has 5 unspecified atom stereocenters. The Bertz CT molecular complexity index is 923. The van der Waals surface area contributed by atoms with Crippen LogP contribution in [0.4, 0.5) is 0 Å². The maximum Gasteiger partial charge on any atom is 0.326 e. The lowest BCUT2D eigenvalue weighted by molar-refractivity contribution is -0.144. The molecular formula is C23H34N4O9. The molecule has 13 heteroatoms. The van der Waals surface area contributed by atoms with Gasteiger partial charge >= 0.3 is 11.9 Å². The molecule has 0 bridgehead atoms. The van der Waals surface area contributed by atoms with Gasteiger partial charge in [-0.15, -0.1) is 0 Å². The molecule has 1 aromatic rings. The normalized spacial score (nSPS) is 15.0. The Hall–Kier alpha value is -3.71. The van der Waals surface area contributed by atoms with Gasteiger partial charge in [-0.1, -0.05) is 32.4 Å². The number of carbonyl (C=O) groups is 5. The molecule has 0 radical (unpaired) electrons. The predicted octanol–water partition coefficient (Wildman–Crippen LogP) is -1.30. The molecule has 0 fully saturated rings. The summed E-state index contributed by atoms with van der Waals surface area (Å²) < 4.78 is 0. The van der Waals surface area contributed by atoms with Gasteiger partial charge in [0, 0.05) is 6.42 Å². The number of aliphatic hydroxyl groups excluding tert-OH is 1. The van der Waals surface area contributed by atoms with Crippen molar-refractivity contribution in [1.29, 1.82) is 0 Å². The number of aromatic hydroxyl groups is 1. The molecule has 0 saturated carbocycles. The van der Waals surface area contributed by atoms with Gasteiger partial charge in [0.2, 0.25) is 17.7 Å². The SMILES string of the molecule is CCC(C)C(NC(=O)C(CCC(=O)O)NC(=O)C(CO)NC(=O)C(N)Cc1ccc(O)cc1)C(=O)O. The molecule has 0 aliphatic carbocycles. The number of carboxylic acid groups (broad SMARTS) is 2. The van der Waals surface area contributed by atoms with Crippen LogP contribution in [-0.4, -0.2) is 80.9 Å². The van der Waals surface area contributed by atoms with Crippen LogP contribution >= 0.6 is 0 Å². The number of aliphatic carboxylic acids is 2. The first-order valence-electron chi connectivity index (χ1n) is 11.4. The van der Waals surface area contributed by atoms with Gasteiger partial charge in [0.05, 0.1) is 12.6 Å². The molecule has 0 aromatic heterocycles. The summed E-state index contributed by atoms with van der Waals surface area (Å²) in [4.78, 5) is 60.4. The standard InChI is InChI=1S/C23H34N4O9/c1-3-12(2)19(23(35)36)27-21(33)16(8-9-18(30)31)25-22(34)17(11-28)26-20(32)15(24)10-13-4-6-14(29)7-5-13/h4-7,12,15-17,19,28-29H,3,8-11,24H2,1-2H3,(H,25,34)(H,26,32)(H,27,33)(H,30,31)(H,35,36). The highest BCUT2D eigenvalue weighted by Gasteiger charge is 2.32. The van der Waals surface area contributed by atoms with Crippen LogP contribution in [0.25, 0.3) is 0 Å². The fraction of sp³-hybridized carbons (Fsp3) is 0.522. The van der Waals surface area contributed by atoms with E-state index in [0.717, 1.165) is 0 Å². The van der Waals surface area contributed by atoms with Gasteiger partial charge in [-0.25, -0.2) is 4.79 Å². The van der Waals surface area contributed by atoms with Crippen molar-refractivity contribution in [3.8, 4) is 5.75 Å². The molecule has 0 saturated heterocycles. The monoisotopic (exact) mass is 510 g/mol. The first kappa shape index (κ1) is 30.3. The lowest BCUT2D eigenvalue weighted by Crippen LogP contribution is -2.58. The van der Waals surface area contributed by atoms with Crippen LogP contribution in [0, 0.1) is 5.92 Å². The lowest BCUT2D eigenvalue weighted by atomic mass is 9.98. The Morgan fingerprint density at radius 2 is 1.47 bits per heavy atom. The Morgan fingerprint density at radius 3 is 1.97 bits per heavy atom. The summed E-state index contributed by atoms with van der Waals surface area (Å²) in [5, 5.41) is 44.2. The third-order valence-electron chi connectivity index (χ3n) is 5.60. The van der Waals surface area contributed by atoms with E-state index < -0.39 is 72.8 Å². The minimum absolute atomic E-state index is 0.0362. The van der Waals surface area contributed by atoms with Crippen molar-refractivity contribution in [3.05, 3.63) is 29.8 Å². The van der Waals surface area contributed by atoms with Crippen molar-refractivity contribution < 1.29 is 44.4 Å². The second kappa shape index (κ2) is 14.6. The number of rotatable bonds is 15. The Morgan fingerprint density at radius 1 is 0.917 bits per heavy atom. The number of carbonyl (C=O) groups excluding carboxylic acids is 3. The van der Waals surface area contributed by atoms with E-state index in [1.54, 1.807) is 26.0 Å². The van der Waals surface area contributed by atoms with E-state index in [2.05, 4.69) is 16.0 Å². The summed E-state index contributed by atoms with van der Waals surface area (Å²) in [6.07, 6.45) is -0.354. The van der Waals surface area contributed by atoms with Gasteiger partial charge in [-0.2, -0.15) is 0 Å². The van der Waals surface area contributed by atoms with E-state index >= 15 is 0 Å². The molecular weight excluding hydrogens is 476 g/mol. The van der Waals surface area contributed by atoms with Gasteiger partial charge in [-0.05, 0) is 36.5 Å². The van der Waals surface area contributed by atoms with Gasteiger partial charge < -0.3 is 42.1 Å². The first-order valence-corrected chi connectivity index (χ1v) is 11.4. The highest BCUT2D eigenvalue weighted by molar-refractivity contribution is 5.94. The van der Waals surface area contributed by atoms with Crippen molar-refractivity contribution >= 4 is 29.7 Å². The molecule has 3 amide bonds. The fourth-order valence-electron chi connectivity index (χ4n) is 3.20. The molecule has 1 aromatic carbocycles. The molecule has 1 rings (SSSR count). The number of aliphatic hydroxyl groups is 1. The average molecular weight is 511 g/mol.